The number of non-ortho nitro benzene ring substituents is 1. The van der Waals surface area contributed by atoms with Crippen LogP contribution in [0.5, 0.6) is 5.75 Å². The van der Waals surface area contributed by atoms with Gasteiger partial charge >= 0.3 is 5.97 Å². The Balaban J connectivity index is 1.74. The molecule has 0 saturated heterocycles. The highest BCUT2D eigenvalue weighted by molar-refractivity contribution is 9.10. The number of carbonyl (C=O) groups excluding carboxylic acids is 1. The van der Waals surface area contributed by atoms with Crippen molar-refractivity contribution in [3.63, 3.8) is 0 Å². The number of rotatable bonds is 5. The second-order valence-electron chi connectivity index (χ2n) is 5.46. The third-order valence-corrected chi connectivity index (χ3v) is 4.07. The average Bonchev–Trinajstić information content (AvgIpc) is 3.14. The monoisotopic (exact) mass is 433 g/mol. The molecule has 0 spiro atoms. The highest BCUT2D eigenvalue weighted by Crippen LogP contribution is 2.27. The number of phenolic OH excluding ortho intramolecular Hbond substituents is 1. The van der Waals surface area contributed by atoms with E-state index in [2.05, 4.69) is 26.1 Å². The first-order valence-corrected chi connectivity index (χ1v) is 8.42. The number of aromatic hydroxyl groups is 1. The number of esters is 1. The molecule has 3 aromatic rings. The van der Waals surface area contributed by atoms with E-state index < -0.39 is 17.0 Å². The molecule has 27 heavy (non-hydrogen) atoms. The Hall–Kier alpha value is -3.27. The number of benzene rings is 2. The number of phenols is 1. The van der Waals surface area contributed by atoms with Crippen LogP contribution in [-0.2, 0) is 4.74 Å². The molecule has 0 saturated carbocycles. The molecule has 1 atom stereocenters. The Morgan fingerprint density at radius 3 is 2.63 bits per heavy atom. The molecular formula is C17H12BrN3O6. The number of ether oxygens (including phenoxy) is 1. The van der Waals surface area contributed by atoms with Crippen LogP contribution in [0.3, 0.4) is 0 Å². The van der Waals surface area contributed by atoms with E-state index in [-0.39, 0.29) is 28.8 Å². The molecule has 2 aromatic carbocycles. The van der Waals surface area contributed by atoms with Gasteiger partial charge in [0.15, 0.2) is 6.10 Å². The van der Waals surface area contributed by atoms with Crippen molar-refractivity contribution in [2.75, 3.05) is 0 Å². The van der Waals surface area contributed by atoms with Gasteiger partial charge in [-0.15, -0.1) is 10.2 Å². The molecule has 0 fully saturated rings. The summed E-state index contributed by atoms with van der Waals surface area (Å²) in [7, 11) is 0. The second-order valence-corrected chi connectivity index (χ2v) is 6.37. The quantitative estimate of drug-likeness (QED) is 0.362. The molecule has 0 radical (unpaired) electrons. The SMILES string of the molecule is C[C@@H](OC(=O)c1cc(Br)ccc1O)c1nnc(-c2ccc([N+](=O)[O-])cc2)o1. The van der Waals surface area contributed by atoms with Crippen LogP contribution < -0.4 is 0 Å². The van der Waals surface area contributed by atoms with Crippen LogP contribution in [0.25, 0.3) is 11.5 Å². The maximum absolute atomic E-state index is 12.2. The van der Waals surface area contributed by atoms with Crippen LogP contribution in [-0.4, -0.2) is 26.2 Å². The van der Waals surface area contributed by atoms with Gasteiger partial charge in [0.1, 0.15) is 11.3 Å². The van der Waals surface area contributed by atoms with Gasteiger partial charge in [-0.05, 0) is 37.3 Å². The number of hydrogen-bond acceptors (Lipinski definition) is 8. The van der Waals surface area contributed by atoms with E-state index in [1.165, 1.54) is 36.4 Å². The van der Waals surface area contributed by atoms with Crippen LogP contribution in [0.4, 0.5) is 5.69 Å². The summed E-state index contributed by atoms with van der Waals surface area (Å²) in [6, 6.07) is 9.98. The number of hydrogen-bond donors (Lipinski definition) is 1. The minimum Gasteiger partial charge on any atom is -0.507 e. The summed E-state index contributed by atoms with van der Waals surface area (Å²) in [4.78, 5) is 22.4. The summed E-state index contributed by atoms with van der Waals surface area (Å²) in [5.41, 5.74) is 0.420. The van der Waals surface area contributed by atoms with Crippen molar-refractivity contribution in [2.24, 2.45) is 0 Å². The number of aromatic nitrogens is 2. The van der Waals surface area contributed by atoms with E-state index >= 15 is 0 Å². The minimum absolute atomic E-state index is 0.00803. The molecule has 3 rings (SSSR count). The molecule has 0 amide bonds. The Labute approximate surface area is 160 Å². The number of nitro benzene ring substituents is 1. The van der Waals surface area contributed by atoms with E-state index in [0.717, 1.165) is 0 Å². The first kappa shape index (κ1) is 18.5. The lowest BCUT2D eigenvalue weighted by Gasteiger charge is -2.10. The van der Waals surface area contributed by atoms with Crippen LogP contribution in [0.2, 0.25) is 0 Å². The van der Waals surface area contributed by atoms with Gasteiger partial charge in [0, 0.05) is 22.2 Å². The Morgan fingerprint density at radius 2 is 1.96 bits per heavy atom. The zero-order valence-corrected chi connectivity index (χ0v) is 15.4. The topological polar surface area (TPSA) is 129 Å². The van der Waals surface area contributed by atoms with Gasteiger partial charge in [-0.25, -0.2) is 4.79 Å². The molecule has 138 valence electrons. The second kappa shape index (κ2) is 7.54. The van der Waals surface area contributed by atoms with Gasteiger partial charge in [-0.3, -0.25) is 10.1 Å². The zero-order valence-electron chi connectivity index (χ0n) is 13.8. The summed E-state index contributed by atoms with van der Waals surface area (Å²) in [5, 5.41) is 28.2. The lowest BCUT2D eigenvalue weighted by Crippen LogP contribution is -2.10. The predicted molar refractivity (Wildman–Crippen MR) is 96.0 cm³/mol. The average molecular weight is 434 g/mol. The first-order valence-electron chi connectivity index (χ1n) is 7.63. The molecule has 1 N–H and O–H groups in total. The van der Waals surface area contributed by atoms with E-state index in [9.17, 15) is 20.0 Å². The van der Waals surface area contributed by atoms with Crippen molar-refractivity contribution in [2.45, 2.75) is 13.0 Å². The number of carbonyl (C=O) groups is 1. The molecule has 0 aliphatic carbocycles. The predicted octanol–water partition coefficient (Wildman–Crippen LogP) is 4.03. The van der Waals surface area contributed by atoms with E-state index in [4.69, 9.17) is 9.15 Å². The van der Waals surface area contributed by atoms with Crippen molar-refractivity contribution in [1.82, 2.24) is 10.2 Å². The summed E-state index contributed by atoms with van der Waals surface area (Å²) >= 11 is 3.22. The van der Waals surface area contributed by atoms with Crippen LogP contribution in [0.15, 0.2) is 51.4 Å². The van der Waals surface area contributed by atoms with Crippen molar-refractivity contribution in [3.05, 3.63) is 68.5 Å². The maximum Gasteiger partial charge on any atom is 0.342 e. The fourth-order valence-electron chi connectivity index (χ4n) is 2.19. The van der Waals surface area contributed by atoms with Crippen LogP contribution in [0, 0.1) is 10.1 Å². The zero-order chi connectivity index (χ0) is 19.6. The lowest BCUT2D eigenvalue weighted by molar-refractivity contribution is -0.384. The number of halogens is 1. The van der Waals surface area contributed by atoms with Gasteiger partial charge in [-0.1, -0.05) is 15.9 Å². The Bertz CT molecular complexity index is 1000. The fourth-order valence-corrected chi connectivity index (χ4v) is 2.55. The molecule has 1 aromatic heterocycles. The summed E-state index contributed by atoms with van der Waals surface area (Å²) in [5.74, 6) is -0.789. The van der Waals surface area contributed by atoms with Gasteiger partial charge in [0.05, 0.1) is 4.92 Å². The first-order chi connectivity index (χ1) is 12.8. The third-order valence-electron chi connectivity index (χ3n) is 3.58. The lowest BCUT2D eigenvalue weighted by atomic mass is 10.2. The van der Waals surface area contributed by atoms with Crippen molar-refractivity contribution in [1.29, 1.82) is 0 Å². The van der Waals surface area contributed by atoms with Gasteiger partial charge in [0.25, 0.3) is 11.6 Å². The summed E-state index contributed by atoms with van der Waals surface area (Å²) in [6.45, 7) is 1.54. The van der Waals surface area contributed by atoms with E-state index in [1.807, 2.05) is 0 Å². The highest BCUT2D eigenvalue weighted by Gasteiger charge is 2.22. The number of nitrogens with zero attached hydrogens (tertiary/aromatic N) is 3. The van der Waals surface area contributed by atoms with Gasteiger partial charge < -0.3 is 14.3 Å². The molecule has 0 unspecified atom stereocenters. The summed E-state index contributed by atoms with van der Waals surface area (Å²) < 4.78 is 11.3. The molecular weight excluding hydrogens is 422 g/mol. The number of nitro groups is 1. The third kappa shape index (κ3) is 4.11. The standard InChI is InChI=1S/C17H12BrN3O6/c1-9(26-17(23)13-8-11(18)4-7-14(13)22)15-19-20-16(27-15)10-2-5-12(6-3-10)21(24)25/h2-9,22H,1H3/t9-/m1/s1. The van der Waals surface area contributed by atoms with Crippen molar-refractivity contribution in [3.8, 4) is 17.2 Å². The normalized spacial score (nSPS) is 11.8. The van der Waals surface area contributed by atoms with Gasteiger partial charge in [0.2, 0.25) is 5.89 Å². The smallest absolute Gasteiger partial charge is 0.342 e. The van der Waals surface area contributed by atoms with Gasteiger partial charge in [-0.2, -0.15) is 0 Å². The minimum atomic E-state index is -0.866. The highest BCUT2D eigenvalue weighted by atomic mass is 79.9. The van der Waals surface area contributed by atoms with E-state index in [1.54, 1.807) is 13.0 Å². The maximum atomic E-state index is 12.2. The molecule has 0 aliphatic heterocycles. The Morgan fingerprint density at radius 1 is 1.26 bits per heavy atom. The fraction of sp³-hybridized carbons (Fsp3) is 0.118. The van der Waals surface area contributed by atoms with Crippen LogP contribution in [0.1, 0.15) is 29.3 Å². The molecule has 1 heterocycles. The molecule has 0 aliphatic rings. The summed E-state index contributed by atoms with van der Waals surface area (Å²) in [6.07, 6.45) is -0.866. The Kier molecular flexibility index (Phi) is 5.17. The van der Waals surface area contributed by atoms with Crippen molar-refractivity contribution >= 4 is 27.6 Å². The molecule has 10 heteroatoms. The molecule has 0 bridgehead atoms. The van der Waals surface area contributed by atoms with Crippen molar-refractivity contribution < 1.29 is 24.0 Å². The van der Waals surface area contributed by atoms with E-state index in [0.29, 0.717) is 10.0 Å². The largest absolute Gasteiger partial charge is 0.507 e. The van der Waals surface area contributed by atoms with Crippen LogP contribution >= 0.6 is 15.9 Å². The molecule has 9 nitrogen and oxygen atoms in total.